The molecule has 0 saturated carbocycles. The van der Waals surface area contributed by atoms with Gasteiger partial charge in [0.05, 0.1) is 21.6 Å². The average Bonchev–Trinajstić information content (AvgIpc) is 2.92. The predicted molar refractivity (Wildman–Crippen MR) is 97.5 cm³/mol. The average molecular weight is 331 g/mol. The molecule has 1 aliphatic carbocycles. The molecular formula is C20H30O2Si. The first-order valence-electron chi connectivity index (χ1n) is 8.90. The summed E-state index contributed by atoms with van der Waals surface area (Å²) in [5, 5.41) is 0.0494. The topological polar surface area (TPSA) is 26.3 Å². The maximum absolute atomic E-state index is 12.4. The van der Waals surface area contributed by atoms with E-state index in [-0.39, 0.29) is 16.4 Å². The van der Waals surface area contributed by atoms with Crippen molar-refractivity contribution in [3.63, 3.8) is 0 Å². The molecule has 2 unspecified atom stereocenters. The molecular weight excluding hydrogens is 300 g/mol. The van der Waals surface area contributed by atoms with Crippen LogP contribution in [0.15, 0.2) is 24.3 Å². The number of carbonyl (C=O) groups excluding carboxylic acids is 1. The number of benzene rings is 1. The lowest BCUT2D eigenvalue weighted by molar-refractivity contribution is -0.141. The van der Waals surface area contributed by atoms with E-state index in [4.69, 9.17) is 4.74 Å². The smallest absolute Gasteiger partial charge is 0.306 e. The quantitative estimate of drug-likeness (QED) is 0.575. The van der Waals surface area contributed by atoms with Crippen molar-refractivity contribution in [3.8, 4) is 0 Å². The molecule has 2 aliphatic rings. The maximum atomic E-state index is 12.4. The Bertz CT molecular complexity index is 628. The van der Waals surface area contributed by atoms with Crippen LogP contribution in [0.4, 0.5) is 0 Å². The Balaban J connectivity index is 2.28. The van der Waals surface area contributed by atoms with Gasteiger partial charge in [0, 0.05) is 5.04 Å². The monoisotopic (exact) mass is 330 g/mol. The molecule has 1 aliphatic heterocycles. The molecule has 3 heteroatoms. The van der Waals surface area contributed by atoms with Crippen LogP contribution < -0.4 is 0 Å². The number of hydrogen-bond acceptors (Lipinski definition) is 2. The minimum Gasteiger partial charge on any atom is -0.469 e. The number of rotatable bonds is 4. The van der Waals surface area contributed by atoms with E-state index in [1.807, 2.05) is 0 Å². The van der Waals surface area contributed by atoms with E-state index in [9.17, 15) is 4.79 Å². The first kappa shape index (κ1) is 16.8. The van der Waals surface area contributed by atoms with Gasteiger partial charge in [-0.25, -0.2) is 0 Å². The number of fused-ring (bicyclic) bond motifs is 5. The van der Waals surface area contributed by atoms with Crippen molar-refractivity contribution < 1.29 is 9.53 Å². The summed E-state index contributed by atoms with van der Waals surface area (Å²) < 4.78 is 5.14. The predicted octanol–water partition coefficient (Wildman–Crippen LogP) is 4.97. The summed E-state index contributed by atoms with van der Waals surface area (Å²) in [5.74, 6) is -0.0378. The minimum atomic E-state index is -1.72. The van der Waals surface area contributed by atoms with Crippen molar-refractivity contribution in [3.05, 3.63) is 35.4 Å². The summed E-state index contributed by atoms with van der Waals surface area (Å²) in [6.45, 7) is 12.0. The number of methoxy groups -OCH3 is 1. The summed E-state index contributed by atoms with van der Waals surface area (Å²) in [6, 6.07) is 10.2. The molecule has 1 saturated heterocycles. The third-order valence-corrected chi connectivity index (χ3v) is 15.0. The third-order valence-electron chi connectivity index (χ3n) is 7.09. The van der Waals surface area contributed by atoms with Crippen LogP contribution in [0.25, 0.3) is 0 Å². The molecule has 0 spiro atoms. The maximum Gasteiger partial charge on any atom is 0.306 e. The standard InChI is InChI=1S/C20H30O2Si/c1-14(2)23(15(3)4)13-19(5)12-20(23,11-18(21)22-6)17-10-8-7-9-16(17)19/h7-10,14-15H,11-13H2,1-6H3. The summed E-state index contributed by atoms with van der Waals surface area (Å²) in [4.78, 5) is 12.4. The van der Waals surface area contributed by atoms with Crippen LogP contribution in [0.2, 0.25) is 17.1 Å². The Labute approximate surface area is 141 Å². The van der Waals surface area contributed by atoms with Gasteiger partial charge in [0.2, 0.25) is 0 Å². The highest BCUT2D eigenvalue weighted by atomic mass is 28.3. The normalized spacial score (nSPS) is 30.8. The van der Waals surface area contributed by atoms with E-state index < -0.39 is 8.07 Å². The second kappa shape index (κ2) is 5.20. The summed E-state index contributed by atoms with van der Waals surface area (Å²) in [5.41, 5.74) is 4.54. The highest BCUT2D eigenvalue weighted by Gasteiger charge is 2.71. The van der Waals surface area contributed by atoms with Gasteiger partial charge in [0.15, 0.2) is 0 Å². The van der Waals surface area contributed by atoms with Crippen molar-refractivity contribution >= 4 is 14.0 Å². The fourth-order valence-electron chi connectivity index (χ4n) is 6.49. The van der Waals surface area contributed by atoms with Gasteiger partial charge in [-0.2, -0.15) is 0 Å². The zero-order valence-corrected chi connectivity index (χ0v) is 16.4. The Morgan fingerprint density at radius 1 is 1.17 bits per heavy atom. The minimum absolute atomic E-state index is 0.0378. The molecule has 2 nitrogen and oxygen atoms in total. The van der Waals surface area contributed by atoms with Gasteiger partial charge in [-0.05, 0) is 40.1 Å². The van der Waals surface area contributed by atoms with Crippen LogP contribution in [0.1, 0.15) is 58.6 Å². The highest BCUT2D eigenvalue weighted by molar-refractivity contribution is 6.86. The van der Waals surface area contributed by atoms with Gasteiger partial charge >= 0.3 is 5.97 Å². The number of ether oxygens (including phenoxy) is 1. The summed E-state index contributed by atoms with van der Waals surface area (Å²) >= 11 is 0. The van der Waals surface area contributed by atoms with Crippen molar-refractivity contribution in [2.45, 2.75) is 75.0 Å². The molecule has 2 atom stereocenters. The lowest BCUT2D eigenvalue weighted by Gasteiger charge is -2.52. The van der Waals surface area contributed by atoms with E-state index in [1.165, 1.54) is 24.3 Å². The molecule has 0 amide bonds. The Morgan fingerprint density at radius 3 is 2.26 bits per heavy atom. The zero-order chi connectivity index (χ0) is 17.0. The molecule has 0 N–H and O–H groups in total. The van der Waals surface area contributed by atoms with Crippen molar-refractivity contribution in [1.82, 2.24) is 0 Å². The van der Waals surface area contributed by atoms with Crippen LogP contribution in [-0.2, 0) is 20.0 Å². The molecule has 0 aromatic heterocycles. The van der Waals surface area contributed by atoms with Crippen molar-refractivity contribution in [2.75, 3.05) is 7.11 Å². The molecule has 0 radical (unpaired) electrons. The fraction of sp³-hybridized carbons (Fsp3) is 0.650. The van der Waals surface area contributed by atoms with E-state index in [2.05, 4.69) is 58.9 Å². The number of esters is 1. The van der Waals surface area contributed by atoms with E-state index in [0.717, 1.165) is 6.42 Å². The third kappa shape index (κ3) is 1.95. The molecule has 2 bridgehead atoms. The summed E-state index contributed by atoms with van der Waals surface area (Å²) in [6.07, 6.45) is 1.70. The molecule has 1 aromatic carbocycles. The van der Waals surface area contributed by atoms with Crippen LogP contribution in [-0.4, -0.2) is 21.2 Å². The van der Waals surface area contributed by atoms with Gasteiger partial charge in [-0.1, -0.05) is 58.9 Å². The van der Waals surface area contributed by atoms with Crippen LogP contribution >= 0.6 is 0 Å². The molecule has 23 heavy (non-hydrogen) atoms. The Morgan fingerprint density at radius 2 is 1.74 bits per heavy atom. The molecule has 126 valence electrons. The largest absolute Gasteiger partial charge is 0.469 e. The van der Waals surface area contributed by atoms with Crippen LogP contribution in [0.3, 0.4) is 0 Å². The number of hydrogen-bond donors (Lipinski definition) is 0. The SMILES string of the molecule is COC(=O)CC12CC(C)(C[Si]1(C(C)C)C(C)C)c1ccccc12. The van der Waals surface area contributed by atoms with Crippen LogP contribution in [0.5, 0.6) is 0 Å². The van der Waals surface area contributed by atoms with Gasteiger partial charge in [0.25, 0.3) is 0 Å². The Kier molecular flexibility index (Phi) is 3.79. The van der Waals surface area contributed by atoms with E-state index >= 15 is 0 Å². The molecule has 1 aromatic rings. The van der Waals surface area contributed by atoms with Crippen molar-refractivity contribution in [2.24, 2.45) is 0 Å². The van der Waals surface area contributed by atoms with E-state index in [1.54, 1.807) is 0 Å². The molecule has 1 heterocycles. The first-order valence-corrected chi connectivity index (χ1v) is 11.3. The van der Waals surface area contributed by atoms with E-state index in [0.29, 0.717) is 17.5 Å². The molecule has 1 fully saturated rings. The first-order chi connectivity index (χ1) is 10.7. The Hall–Kier alpha value is -1.09. The van der Waals surface area contributed by atoms with Crippen molar-refractivity contribution in [1.29, 1.82) is 0 Å². The lowest BCUT2D eigenvalue weighted by Crippen LogP contribution is -2.58. The lowest BCUT2D eigenvalue weighted by atomic mass is 9.86. The zero-order valence-electron chi connectivity index (χ0n) is 15.4. The summed E-state index contributed by atoms with van der Waals surface area (Å²) in [7, 11) is -0.191. The fourth-order valence-corrected chi connectivity index (χ4v) is 14.7. The van der Waals surface area contributed by atoms with Gasteiger partial charge in [-0.15, -0.1) is 0 Å². The highest BCUT2D eigenvalue weighted by Crippen LogP contribution is 2.70. The second-order valence-electron chi connectivity index (χ2n) is 8.64. The van der Waals surface area contributed by atoms with Gasteiger partial charge in [0.1, 0.15) is 0 Å². The van der Waals surface area contributed by atoms with Gasteiger partial charge < -0.3 is 4.74 Å². The number of carbonyl (C=O) groups is 1. The second-order valence-corrected chi connectivity index (χ2v) is 14.3. The molecule has 3 rings (SSSR count). The van der Waals surface area contributed by atoms with Crippen LogP contribution in [0, 0.1) is 0 Å². The van der Waals surface area contributed by atoms with Gasteiger partial charge in [-0.3, -0.25) is 4.79 Å².